The molecule has 3 heteroatoms. The molecule has 3 nitrogen and oxygen atoms in total. The molecule has 0 spiro atoms. The van der Waals surface area contributed by atoms with Crippen molar-refractivity contribution < 1.29 is 4.74 Å². The minimum atomic E-state index is 0.288. The van der Waals surface area contributed by atoms with Gasteiger partial charge in [-0.15, -0.1) is 0 Å². The van der Waals surface area contributed by atoms with Gasteiger partial charge in [-0.2, -0.15) is 0 Å². The lowest BCUT2D eigenvalue weighted by molar-refractivity contribution is 0.165. The molecule has 108 valence electrons. The monoisotopic (exact) mass is 264 g/mol. The van der Waals surface area contributed by atoms with E-state index in [1.54, 1.807) is 7.11 Å². The van der Waals surface area contributed by atoms with Gasteiger partial charge in [0.05, 0.1) is 12.6 Å². The molecule has 0 saturated carbocycles. The van der Waals surface area contributed by atoms with Gasteiger partial charge in [-0.25, -0.2) is 0 Å². The molecule has 19 heavy (non-hydrogen) atoms. The van der Waals surface area contributed by atoms with Crippen molar-refractivity contribution in [3.8, 4) is 0 Å². The van der Waals surface area contributed by atoms with Crippen LogP contribution in [0.3, 0.4) is 0 Å². The van der Waals surface area contributed by atoms with Crippen LogP contribution in [0, 0.1) is 0 Å². The summed E-state index contributed by atoms with van der Waals surface area (Å²) in [5.41, 5.74) is 1.29. The number of hydrogen-bond donors (Lipinski definition) is 1. The van der Waals surface area contributed by atoms with E-state index in [0.29, 0.717) is 12.6 Å². The predicted octanol–water partition coefficient (Wildman–Crippen LogP) is 2.69. The lowest BCUT2D eigenvalue weighted by Crippen LogP contribution is -2.31. The molecule has 1 aromatic carbocycles. The SMILES string of the molecule is COCC(NCCCN(C)C(C)C)c1ccccc1. The van der Waals surface area contributed by atoms with E-state index in [1.165, 1.54) is 5.56 Å². The summed E-state index contributed by atoms with van der Waals surface area (Å²) in [6.45, 7) is 7.30. The van der Waals surface area contributed by atoms with Crippen molar-refractivity contribution in [2.45, 2.75) is 32.4 Å². The predicted molar refractivity (Wildman–Crippen MR) is 81.4 cm³/mol. The Labute approximate surface area is 118 Å². The van der Waals surface area contributed by atoms with Crippen molar-refractivity contribution in [1.29, 1.82) is 0 Å². The second kappa shape index (κ2) is 9.08. The Morgan fingerprint density at radius 3 is 2.47 bits per heavy atom. The summed E-state index contributed by atoms with van der Waals surface area (Å²) >= 11 is 0. The minimum Gasteiger partial charge on any atom is -0.383 e. The Bertz CT molecular complexity index is 327. The molecule has 0 fully saturated rings. The molecule has 0 amide bonds. The largest absolute Gasteiger partial charge is 0.383 e. The van der Waals surface area contributed by atoms with Crippen LogP contribution < -0.4 is 5.32 Å². The summed E-state index contributed by atoms with van der Waals surface area (Å²) in [5, 5.41) is 3.58. The van der Waals surface area contributed by atoms with E-state index in [4.69, 9.17) is 4.74 Å². The molecule has 1 N–H and O–H groups in total. The molecule has 0 saturated heterocycles. The van der Waals surface area contributed by atoms with Crippen LogP contribution in [0.4, 0.5) is 0 Å². The lowest BCUT2D eigenvalue weighted by atomic mass is 10.1. The van der Waals surface area contributed by atoms with E-state index in [1.807, 2.05) is 6.07 Å². The molecule has 0 heterocycles. The first-order valence-electron chi connectivity index (χ1n) is 7.12. The summed E-state index contributed by atoms with van der Waals surface area (Å²) < 4.78 is 5.30. The first-order valence-corrected chi connectivity index (χ1v) is 7.12. The van der Waals surface area contributed by atoms with E-state index in [-0.39, 0.29) is 6.04 Å². The molecule has 1 rings (SSSR count). The molecule has 0 aromatic heterocycles. The molecule has 1 unspecified atom stereocenters. The van der Waals surface area contributed by atoms with Crippen LogP contribution in [-0.4, -0.2) is 44.8 Å². The Kier molecular flexibility index (Phi) is 7.72. The number of methoxy groups -OCH3 is 1. The fourth-order valence-electron chi connectivity index (χ4n) is 1.99. The van der Waals surface area contributed by atoms with Gasteiger partial charge < -0.3 is 15.0 Å². The van der Waals surface area contributed by atoms with E-state index in [9.17, 15) is 0 Å². The van der Waals surface area contributed by atoms with E-state index in [2.05, 4.69) is 55.4 Å². The van der Waals surface area contributed by atoms with Gasteiger partial charge in [0, 0.05) is 13.2 Å². The summed E-state index contributed by atoms with van der Waals surface area (Å²) in [6.07, 6.45) is 1.15. The van der Waals surface area contributed by atoms with E-state index in [0.717, 1.165) is 19.5 Å². The molecule has 0 aliphatic heterocycles. The van der Waals surface area contributed by atoms with Crippen LogP contribution >= 0.6 is 0 Å². The van der Waals surface area contributed by atoms with Gasteiger partial charge >= 0.3 is 0 Å². The molecule has 0 radical (unpaired) electrons. The maximum Gasteiger partial charge on any atom is 0.0657 e. The quantitative estimate of drug-likeness (QED) is 0.694. The molecule has 1 atom stereocenters. The summed E-state index contributed by atoms with van der Waals surface area (Å²) in [6, 6.07) is 11.4. The van der Waals surface area contributed by atoms with Crippen molar-refractivity contribution in [2.75, 3.05) is 33.9 Å². The van der Waals surface area contributed by atoms with Crippen LogP contribution in [0.2, 0.25) is 0 Å². The highest BCUT2D eigenvalue weighted by molar-refractivity contribution is 5.18. The Morgan fingerprint density at radius 1 is 1.21 bits per heavy atom. The van der Waals surface area contributed by atoms with Gasteiger partial charge in [0.15, 0.2) is 0 Å². The number of benzene rings is 1. The maximum atomic E-state index is 5.30. The van der Waals surface area contributed by atoms with Crippen molar-refractivity contribution in [2.24, 2.45) is 0 Å². The molecular formula is C16H28N2O. The molecular weight excluding hydrogens is 236 g/mol. The Hall–Kier alpha value is -0.900. The average molecular weight is 264 g/mol. The van der Waals surface area contributed by atoms with Crippen LogP contribution in [0.5, 0.6) is 0 Å². The fraction of sp³-hybridized carbons (Fsp3) is 0.625. The van der Waals surface area contributed by atoms with Gasteiger partial charge in [-0.05, 0) is 46.0 Å². The van der Waals surface area contributed by atoms with Gasteiger partial charge in [-0.1, -0.05) is 30.3 Å². The maximum absolute atomic E-state index is 5.30. The second-order valence-electron chi connectivity index (χ2n) is 5.30. The van der Waals surface area contributed by atoms with Gasteiger partial charge in [0.25, 0.3) is 0 Å². The number of nitrogens with zero attached hydrogens (tertiary/aromatic N) is 1. The minimum absolute atomic E-state index is 0.288. The average Bonchev–Trinajstić information content (AvgIpc) is 2.42. The number of hydrogen-bond acceptors (Lipinski definition) is 3. The van der Waals surface area contributed by atoms with Gasteiger partial charge in [-0.3, -0.25) is 0 Å². The number of rotatable bonds is 9. The molecule has 0 aliphatic carbocycles. The highest BCUT2D eigenvalue weighted by Crippen LogP contribution is 2.12. The van der Waals surface area contributed by atoms with Gasteiger partial charge in [0.2, 0.25) is 0 Å². The lowest BCUT2D eigenvalue weighted by Gasteiger charge is -2.22. The van der Waals surface area contributed by atoms with Crippen molar-refractivity contribution in [3.63, 3.8) is 0 Å². The van der Waals surface area contributed by atoms with Crippen LogP contribution in [0.1, 0.15) is 31.9 Å². The normalized spacial score (nSPS) is 13.2. The third-order valence-corrected chi connectivity index (χ3v) is 3.50. The zero-order chi connectivity index (χ0) is 14.1. The van der Waals surface area contributed by atoms with Gasteiger partial charge in [0.1, 0.15) is 0 Å². The van der Waals surface area contributed by atoms with E-state index >= 15 is 0 Å². The van der Waals surface area contributed by atoms with Crippen molar-refractivity contribution in [3.05, 3.63) is 35.9 Å². The van der Waals surface area contributed by atoms with Crippen LogP contribution in [0.25, 0.3) is 0 Å². The number of nitrogens with one attached hydrogen (secondary N) is 1. The van der Waals surface area contributed by atoms with Crippen molar-refractivity contribution in [1.82, 2.24) is 10.2 Å². The first-order chi connectivity index (χ1) is 9.15. The summed E-state index contributed by atoms with van der Waals surface area (Å²) in [4.78, 5) is 2.37. The third-order valence-electron chi connectivity index (χ3n) is 3.50. The second-order valence-corrected chi connectivity index (χ2v) is 5.30. The topological polar surface area (TPSA) is 24.5 Å². The fourth-order valence-corrected chi connectivity index (χ4v) is 1.99. The highest BCUT2D eigenvalue weighted by atomic mass is 16.5. The molecule has 1 aromatic rings. The van der Waals surface area contributed by atoms with Crippen LogP contribution in [0.15, 0.2) is 30.3 Å². The highest BCUT2D eigenvalue weighted by Gasteiger charge is 2.10. The third kappa shape index (κ3) is 6.19. The smallest absolute Gasteiger partial charge is 0.0657 e. The first kappa shape index (κ1) is 16.2. The zero-order valence-corrected chi connectivity index (χ0v) is 12.7. The van der Waals surface area contributed by atoms with Crippen molar-refractivity contribution >= 4 is 0 Å². The summed E-state index contributed by atoms with van der Waals surface area (Å²) in [5.74, 6) is 0. The molecule has 0 bridgehead atoms. The van der Waals surface area contributed by atoms with Crippen LogP contribution in [-0.2, 0) is 4.74 Å². The van der Waals surface area contributed by atoms with E-state index < -0.39 is 0 Å². The standard InChI is InChI=1S/C16H28N2O/c1-14(2)18(3)12-8-11-17-16(13-19-4)15-9-6-5-7-10-15/h5-7,9-10,14,16-17H,8,11-13H2,1-4H3. The Morgan fingerprint density at radius 2 is 1.89 bits per heavy atom. The Balaban J connectivity index is 2.35. The summed E-state index contributed by atoms with van der Waals surface area (Å²) in [7, 11) is 3.93. The zero-order valence-electron chi connectivity index (χ0n) is 12.7. The molecule has 0 aliphatic rings. The number of ether oxygens (including phenoxy) is 1.